The van der Waals surface area contributed by atoms with E-state index in [-0.39, 0.29) is 5.56 Å². The van der Waals surface area contributed by atoms with Gasteiger partial charge in [0.1, 0.15) is 5.71 Å². The Morgan fingerprint density at radius 1 is 1.15 bits per heavy atom. The first-order valence-corrected chi connectivity index (χ1v) is 11.6. The van der Waals surface area contributed by atoms with Crippen LogP contribution in [0.4, 0.5) is 5.69 Å². The number of hydrogen-bond acceptors (Lipinski definition) is 6. The van der Waals surface area contributed by atoms with E-state index in [1.807, 2.05) is 38.1 Å². The predicted molar refractivity (Wildman–Crippen MR) is 134 cm³/mol. The number of carbonyl (C=O) groups is 1. The fraction of sp³-hybridized carbons (Fsp3) is 0.296. The zero-order chi connectivity index (χ0) is 23.8. The smallest absolute Gasteiger partial charge is 0.335 e. The van der Waals surface area contributed by atoms with Crippen molar-refractivity contribution in [2.75, 3.05) is 5.43 Å². The number of anilines is 1. The second-order valence-corrected chi connectivity index (χ2v) is 9.09. The highest BCUT2D eigenvalue weighted by atomic mass is 16.4. The van der Waals surface area contributed by atoms with E-state index in [4.69, 9.17) is 0 Å². The van der Waals surface area contributed by atoms with Gasteiger partial charge in [-0.15, -0.1) is 0 Å². The molecule has 1 fully saturated rings. The summed E-state index contributed by atoms with van der Waals surface area (Å²) in [5, 5.41) is 31.0. The van der Waals surface area contributed by atoms with Crippen LogP contribution in [0.3, 0.4) is 0 Å². The summed E-state index contributed by atoms with van der Waals surface area (Å²) in [5.41, 5.74) is 8.81. The average molecular weight is 457 g/mol. The molecule has 2 aromatic carbocycles. The van der Waals surface area contributed by atoms with Crippen molar-refractivity contribution < 1.29 is 15.0 Å². The fourth-order valence-electron chi connectivity index (χ4n) is 5.03. The lowest BCUT2D eigenvalue weighted by Crippen LogP contribution is -2.33. The fourth-order valence-corrected chi connectivity index (χ4v) is 5.03. The number of hydrogen-bond donors (Lipinski definition) is 3. The van der Waals surface area contributed by atoms with Crippen molar-refractivity contribution in [2.24, 2.45) is 22.0 Å². The van der Waals surface area contributed by atoms with Crippen molar-refractivity contribution in [2.45, 2.75) is 39.3 Å². The Morgan fingerprint density at radius 2 is 1.94 bits per heavy atom. The summed E-state index contributed by atoms with van der Waals surface area (Å²) in [6, 6.07) is 12.6. The zero-order valence-electron chi connectivity index (χ0n) is 19.3. The number of nitrogens with one attached hydrogen (secondary N) is 1. The molecular formula is C27H28N4O3. The van der Waals surface area contributed by atoms with Gasteiger partial charge in [0, 0.05) is 0 Å². The number of benzene rings is 2. The molecule has 5 rings (SSSR count). The molecule has 0 spiro atoms. The quantitative estimate of drug-likeness (QED) is 0.550. The highest BCUT2D eigenvalue weighted by Crippen LogP contribution is 2.38. The van der Waals surface area contributed by atoms with Gasteiger partial charge in [0.15, 0.2) is 6.23 Å². The number of rotatable bonds is 5. The number of nitrogens with zero attached hydrogens (tertiary/aromatic N) is 3. The van der Waals surface area contributed by atoms with Crippen LogP contribution in [0, 0.1) is 18.8 Å². The number of aliphatic hydroxyl groups is 1. The van der Waals surface area contributed by atoms with Gasteiger partial charge in [-0.05, 0) is 79.5 Å². The summed E-state index contributed by atoms with van der Waals surface area (Å²) in [5.74, 6) is 0.169. The summed E-state index contributed by atoms with van der Waals surface area (Å²) in [6.07, 6.45) is 9.21. The molecule has 0 radical (unpaired) electrons. The number of carboxylic acids is 1. The van der Waals surface area contributed by atoms with Crippen LogP contribution >= 0.6 is 0 Å². The summed E-state index contributed by atoms with van der Waals surface area (Å²) in [6.45, 7) is 3.80. The van der Waals surface area contributed by atoms with Crippen molar-refractivity contribution in [3.63, 3.8) is 0 Å². The van der Waals surface area contributed by atoms with Gasteiger partial charge < -0.3 is 10.2 Å². The van der Waals surface area contributed by atoms with Gasteiger partial charge in [0.2, 0.25) is 0 Å². The highest BCUT2D eigenvalue weighted by molar-refractivity contribution is 6.44. The monoisotopic (exact) mass is 456 g/mol. The predicted octanol–water partition coefficient (Wildman–Crippen LogP) is 5.01. The molecular weight excluding hydrogens is 428 g/mol. The third kappa shape index (κ3) is 4.03. The number of fused-ring (bicyclic) bond motifs is 1. The molecule has 3 N–H and O–H groups in total. The lowest BCUT2D eigenvalue weighted by atomic mass is 9.90. The second kappa shape index (κ2) is 8.91. The summed E-state index contributed by atoms with van der Waals surface area (Å²) >= 11 is 0. The van der Waals surface area contributed by atoms with Crippen LogP contribution in [-0.2, 0) is 0 Å². The second-order valence-electron chi connectivity index (χ2n) is 9.09. The molecule has 0 amide bonds. The van der Waals surface area contributed by atoms with Gasteiger partial charge in [0.25, 0.3) is 0 Å². The lowest BCUT2D eigenvalue weighted by molar-refractivity contribution is 0.0697. The first kappa shape index (κ1) is 22.1. The van der Waals surface area contributed by atoms with Crippen molar-refractivity contribution in [3.05, 3.63) is 77.5 Å². The molecule has 3 aliphatic rings. The Labute approximate surface area is 198 Å². The van der Waals surface area contributed by atoms with Gasteiger partial charge >= 0.3 is 5.97 Å². The maximum atomic E-state index is 11.4. The molecule has 2 aromatic rings. The van der Waals surface area contributed by atoms with Crippen molar-refractivity contribution in [3.8, 4) is 11.1 Å². The Bertz CT molecular complexity index is 1260. The molecule has 174 valence electrons. The van der Waals surface area contributed by atoms with E-state index in [1.165, 1.54) is 19.3 Å². The van der Waals surface area contributed by atoms with Gasteiger partial charge in [0.05, 0.1) is 22.7 Å². The van der Waals surface area contributed by atoms with E-state index >= 15 is 0 Å². The number of allylic oxidation sites excluding steroid dienone is 3. The molecule has 2 aliphatic carbocycles. The van der Waals surface area contributed by atoms with E-state index in [2.05, 4.69) is 33.9 Å². The molecule has 3 atom stereocenters. The summed E-state index contributed by atoms with van der Waals surface area (Å²) in [4.78, 5) is 11.4. The van der Waals surface area contributed by atoms with Crippen LogP contribution in [0.5, 0.6) is 0 Å². The van der Waals surface area contributed by atoms with E-state index in [0.717, 1.165) is 28.1 Å². The number of aromatic carboxylic acids is 1. The molecule has 1 aliphatic heterocycles. The maximum absolute atomic E-state index is 11.4. The lowest BCUT2D eigenvalue weighted by Gasteiger charge is -2.25. The van der Waals surface area contributed by atoms with E-state index in [1.54, 1.807) is 23.2 Å². The van der Waals surface area contributed by atoms with Gasteiger partial charge in [-0.25, -0.2) is 9.80 Å². The van der Waals surface area contributed by atoms with Gasteiger partial charge in [-0.2, -0.15) is 10.2 Å². The molecule has 3 unspecified atom stereocenters. The van der Waals surface area contributed by atoms with Crippen LogP contribution in [0.2, 0.25) is 0 Å². The highest BCUT2D eigenvalue weighted by Gasteiger charge is 2.34. The van der Waals surface area contributed by atoms with Crippen molar-refractivity contribution in [1.82, 2.24) is 5.01 Å². The average Bonchev–Trinajstić information content (AvgIpc) is 3.42. The first-order chi connectivity index (χ1) is 16.4. The van der Waals surface area contributed by atoms with E-state index < -0.39 is 12.2 Å². The summed E-state index contributed by atoms with van der Waals surface area (Å²) < 4.78 is 0. The standard InChI is InChI=1S/C27H28N4O3/c1-16-23(20-8-4-9-21(14-20)27(33)34)10-5-11-24(16)28-29-25-17(2)30-31(26(25)32)22-13-12-18-6-3-7-19(18)15-22/h4-5,8-15,18-19,26,28,32H,3,6-7H2,1-2H3,(H,33,34)/b29-25-. The van der Waals surface area contributed by atoms with Gasteiger partial charge in [-0.1, -0.05) is 42.8 Å². The summed E-state index contributed by atoms with van der Waals surface area (Å²) in [7, 11) is 0. The largest absolute Gasteiger partial charge is 0.478 e. The van der Waals surface area contributed by atoms with E-state index in [9.17, 15) is 15.0 Å². The Balaban J connectivity index is 1.37. The molecule has 7 nitrogen and oxygen atoms in total. The third-order valence-electron chi connectivity index (χ3n) is 6.94. The minimum atomic E-state index is -0.961. The SMILES string of the molecule is CC1=NN(C2=CC3CCCC3C=C2)C(O)/C1=N\Nc1cccc(-c2cccc(C(=O)O)c2)c1C. The minimum Gasteiger partial charge on any atom is -0.478 e. The van der Waals surface area contributed by atoms with Crippen LogP contribution < -0.4 is 5.43 Å². The zero-order valence-corrected chi connectivity index (χ0v) is 19.3. The number of carboxylic acid groups (broad SMARTS) is 1. The molecule has 0 saturated heterocycles. The maximum Gasteiger partial charge on any atom is 0.335 e. The molecule has 0 bridgehead atoms. The van der Waals surface area contributed by atoms with Crippen LogP contribution in [0.25, 0.3) is 11.1 Å². The first-order valence-electron chi connectivity index (χ1n) is 11.6. The molecule has 7 heteroatoms. The molecule has 1 saturated carbocycles. The number of aliphatic hydroxyl groups excluding tert-OH is 1. The van der Waals surface area contributed by atoms with E-state index in [0.29, 0.717) is 23.3 Å². The van der Waals surface area contributed by atoms with Crippen LogP contribution in [0.15, 0.2) is 76.6 Å². The van der Waals surface area contributed by atoms with Crippen LogP contribution in [0.1, 0.15) is 42.1 Å². The normalized spacial score (nSPS) is 24.7. The van der Waals surface area contributed by atoms with Crippen molar-refractivity contribution in [1.29, 1.82) is 0 Å². The molecule has 1 heterocycles. The van der Waals surface area contributed by atoms with Crippen LogP contribution in [-0.4, -0.2) is 38.8 Å². The van der Waals surface area contributed by atoms with Gasteiger partial charge in [-0.3, -0.25) is 5.43 Å². The number of hydrazone groups is 2. The third-order valence-corrected chi connectivity index (χ3v) is 6.94. The minimum absolute atomic E-state index is 0.242. The molecule has 34 heavy (non-hydrogen) atoms. The molecule has 0 aromatic heterocycles. The topological polar surface area (TPSA) is 97.5 Å². The Kier molecular flexibility index (Phi) is 5.79. The Morgan fingerprint density at radius 3 is 2.76 bits per heavy atom. The van der Waals surface area contributed by atoms with Crippen molar-refractivity contribution >= 4 is 23.1 Å². The Hall–Kier alpha value is -3.71.